The lowest BCUT2D eigenvalue weighted by atomic mass is 10.2. The molecule has 0 radical (unpaired) electrons. The molecule has 1 aromatic rings. The summed E-state index contributed by atoms with van der Waals surface area (Å²) in [5, 5.41) is 0. The second-order valence-corrected chi connectivity index (χ2v) is 3.80. The second-order valence-electron chi connectivity index (χ2n) is 3.80. The first-order valence-electron chi connectivity index (χ1n) is 5.03. The summed E-state index contributed by atoms with van der Waals surface area (Å²) >= 11 is 0. The van der Waals surface area contributed by atoms with Crippen molar-refractivity contribution in [2.75, 3.05) is 6.61 Å². The van der Waals surface area contributed by atoms with Gasteiger partial charge in [-0.2, -0.15) is 0 Å². The van der Waals surface area contributed by atoms with Gasteiger partial charge in [-0.05, 0) is 18.6 Å². The number of rotatable bonds is 4. The van der Waals surface area contributed by atoms with Crippen LogP contribution in [-0.4, -0.2) is 18.5 Å². The number of alkyl halides is 2. The molecule has 1 atom stereocenters. The standard InChI is InChI=1S/C12H10F2O2/c13-12(14)8-10(12)6-7-16-11(15)9-4-2-1-3-5-9/h1-2,4,10H,6-8H2. The van der Waals surface area contributed by atoms with Gasteiger partial charge in [0.25, 0.3) is 5.92 Å². The minimum Gasteiger partial charge on any atom is -0.462 e. The Bertz CT molecular complexity index is 376. The molecule has 84 valence electrons. The fraction of sp³-hybridized carbons (Fsp3) is 0.417. The van der Waals surface area contributed by atoms with Crippen LogP contribution in [0, 0.1) is 18.1 Å². The highest BCUT2D eigenvalue weighted by molar-refractivity contribution is 5.88. The van der Waals surface area contributed by atoms with E-state index >= 15 is 0 Å². The Morgan fingerprint density at radius 1 is 1.62 bits per heavy atom. The molecule has 0 saturated heterocycles. The van der Waals surface area contributed by atoms with Gasteiger partial charge in [0.15, 0.2) is 0 Å². The summed E-state index contributed by atoms with van der Waals surface area (Å²) in [6.07, 6.45) is 0.130. The van der Waals surface area contributed by atoms with Gasteiger partial charge in [-0.3, -0.25) is 0 Å². The van der Waals surface area contributed by atoms with Crippen LogP contribution in [0.4, 0.5) is 8.78 Å². The van der Waals surface area contributed by atoms with Crippen molar-refractivity contribution in [2.24, 2.45) is 5.92 Å². The molecule has 1 unspecified atom stereocenters. The van der Waals surface area contributed by atoms with E-state index in [1.807, 2.05) is 0 Å². The van der Waals surface area contributed by atoms with Gasteiger partial charge in [-0.25, -0.2) is 13.6 Å². The molecule has 1 fully saturated rings. The summed E-state index contributed by atoms with van der Waals surface area (Å²) in [6.45, 7) is 0.0296. The van der Waals surface area contributed by atoms with Crippen LogP contribution in [0.2, 0.25) is 0 Å². The molecule has 1 aliphatic rings. The van der Waals surface area contributed by atoms with E-state index < -0.39 is 17.8 Å². The monoisotopic (exact) mass is 224 g/mol. The smallest absolute Gasteiger partial charge is 0.346 e. The van der Waals surface area contributed by atoms with Crippen molar-refractivity contribution in [3.05, 3.63) is 35.9 Å². The zero-order valence-electron chi connectivity index (χ0n) is 8.50. The van der Waals surface area contributed by atoms with Gasteiger partial charge in [-0.15, -0.1) is 0 Å². The van der Waals surface area contributed by atoms with Gasteiger partial charge in [-0.1, -0.05) is 18.2 Å². The Morgan fingerprint density at radius 2 is 2.38 bits per heavy atom. The van der Waals surface area contributed by atoms with Crippen molar-refractivity contribution in [1.29, 1.82) is 0 Å². The lowest BCUT2D eigenvalue weighted by Gasteiger charge is -2.02. The summed E-state index contributed by atoms with van der Waals surface area (Å²) < 4.78 is 29.8. The number of ether oxygens (including phenoxy) is 1. The molecule has 0 aromatic heterocycles. The fourth-order valence-electron chi connectivity index (χ4n) is 1.43. The molecule has 0 bridgehead atoms. The quantitative estimate of drug-likeness (QED) is 0.734. The lowest BCUT2D eigenvalue weighted by molar-refractivity contribution is 0.0452. The molecular formula is C12H10F2O2. The highest BCUT2D eigenvalue weighted by Crippen LogP contribution is 2.50. The zero-order chi connectivity index (χ0) is 11.6. The van der Waals surface area contributed by atoms with E-state index in [9.17, 15) is 13.6 Å². The lowest BCUT2D eigenvalue weighted by Crippen LogP contribution is -2.07. The van der Waals surface area contributed by atoms with E-state index in [0.29, 0.717) is 0 Å². The topological polar surface area (TPSA) is 26.3 Å². The highest BCUT2D eigenvalue weighted by Gasteiger charge is 2.56. The van der Waals surface area contributed by atoms with Crippen LogP contribution in [0.15, 0.2) is 18.2 Å². The van der Waals surface area contributed by atoms with Crippen LogP contribution >= 0.6 is 0 Å². The number of hydrogen-bond acceptors (Lipinski definition) is 2. The van der Waals surface area contributed by atoms with E-state index in [2.05, 4.69) is 12.1 Å². The van der Waals surface area contributed by atoms with Gasteiger partial charge in [0.1, 0.15) is 5.56 Å². The second kappa shape index (κ2) is 4.09. The van der Waals surface area contributed by atoms with Crippen molar-refractivity contribution in [2.45, 2.75) is 18.8 Å². The minimum atomic E-state index is -2.54. The molecule has 0 N–H and O–H groups in total. The van der Waals surface area contributed by atoms with E-state index in [0.717, 1.165) is 0 Å². The molecule has 1 aliphatic carbocycles. The third-order valence-electron chi connectivity index (χ3n) is 2.52. The van der Waals surface area contributed by atoms with Crippen molar-refractivity contribution >= 4 is 5.97 Å². The first-order valence-corrected chi connectivity index (χ1v) is 5.03. The van der Waals surface area contributed by atoms with Gasteiger partial charge in [0.2, 0.25) is 0 Å². The molecule has 4 heteroatoms. The van der Waals surface area contributed by atoms with Crippen molar-refractivity contribution in [1.82, 2.24) is 0 Å². The first-order chi connectivity index (χ1) is 7.59. The average Bonchev–Trinajstić information content (AvgIpc) is 2.87. The van der Waals surface area contributed by atoms with E-state index in [-0.39, 0.29) is 25.0 Å². The molecular weight excluding hydrogens is 214 g/mol. The predicted molar refractivity (Wildman–Crippen MR) is 52.1 cm³/mol. The van der Waals surface area contributed by atoms with Gasteiger partial charge < -0.3 is 4.74 Å². The zero-order valence-corrected chi connectivity index (χ0v) is 8.50. The third kappa shape index (κ3) is 2.48. The average molecular weight is 224 g/mol. The largest absolute Gasteiger partial charge is 0.462 e. The van der Waals surface area contributed by atoms with Crippen LogP contribution < -0.4 is 0 Å². The molecule has 0 spiro atoms. The van der Waals surface area contributed by atoms with Crippen LogP contribution in [0.3, 0.4) is 0 Å². The van der Waals surface area contributed by atoms with Gasteiger partial charge >= 0.3 is 5.97 Å². The Balaban J connectivity index is 1.73. The SMILES string of the molecule is O=C(OCCC1CC1(F)F)c1c#cccc1. The van der Waals surface area contributed by atoms with Crippen molar-refractivity contribution in [3.8, 4) is 0 Å². The molecule has 0 aliphatic heterocycles. The van der Waals surface area contributed by atoms with Gasteiger partial charge in [0, 0.05) is 12.3 Å². The van der Waals surface area contributed by atoms with Crippen molar-refractivity contribution < 1.29 is 18.3 Å². The molecule has 0 heterocycles. The maximum Gasteiger partial charge on any atom is 0.346 e. The Kier molecular flexibility index (Phi) is 2.78. The predicted octanol–water partition coefficient (Wildman–Crippen LogP) is 2.49. The summed E-state index contributed by atoms with van der Waals surface area (Å²) in [4.78, 5) is 11.3. The maximum absolute atomic E-state index is 12.5. The number of halogens is 2. The first kappa shape index (κ1) is 10.9. The van der Waals surface area contributed by atoms with Crippen LogP contribution in [0.5, 0.6) is 0 Å². The Labute approximate surface area is 92.2 Å². The number of hydrogen-bond donors (Lipinski definition) is 0. The summed E-state index contributed by atoms with van der Waals surface area (Å²) in [5.41, 5.74) is 0.269. The van der Waals surface area contributed by atoms with Gasteiger partial charge in [0.05, 0.1) is 6.61 Å². The van der Waals surface area contributed by atoms with Crippen LogP contribution in [0.1, 0.15) is 23.2 Å². The summed E-state index contributed by atoms with van der Waals surface area (Å²) in [6, 6.07) is 10.0. The highest BCUT2D eigenvalue weighted by atomic mass is 19.3. The van der Waals surface area contributed by atoms with E-state index in [1.54, 1.807) is 18.2 Å². The third-order valence-corrected chi connectivity index (χ3v) is 2.52. The minimum absolute atomic E-state index is 0.0296. The molecule has 0 amide bonds. The number of carbonyl (C=O) groups is 1. The van der Waals surface area contributed by atoms with Crippen molar-refractivity contribution in [3.63, 3.8) is 0 Å². The molecule has 1 saturated carbocycles. The Morgan fingerprint density at radius 3 is 2.94 bits per heavy atom. The fourth-order valence-corrected chi connectivity index (χ4v) is 1.43. The molecule has 2 nitrogen and oxygen atoms in total. The Hall–Kier alpha value is -1.63. The van der Waals surface area contributed by atoms with E-state index in [1.165, 1.54) is 0 Å². The number of carbonyl (C=O) groups excluding carboxylic acids is 1. The van der Waals surface area contributed by atoms with Crippen LogP contribution in [0.25, 0.3) is 0 Å². The summed E-state index contributed by atoms with van der Waals surface area (Å²) in [5.74, 6) is -3.70. The molecule has 16 heavy (non-hydrogen) atoms. The van der Waals surface area contributed by atoms with Crippen LogP contribution in [-0.2, 0) is 4.74 Å². The summed E-state index contributed by atoms with van der Waals surface area (Å²) in [7, 11) is 0. The number of esters is 1. The maximum atomic E-state index is 12.5. The molecule has 1 aromatic carbocycles. The molecule has 2 rings (SSSR count). The normalized spacial score (nSPS) is 21.0. The van der Waals surface area contributed by atoms with E-state index in [4.69, 9.17) is 4.74 Å².